The number of hydrogen-bond acceptors (Lipinski definition) is 6. The van der Waals surface area contributed by atoms with Crippen molar-refractivity contribution in [2.75, 3.05) is 19.7 Å². The Labute approximate surface area is 129 Å². The molecule has 1 aliphatic heterocycles. The van der Waals surface area contributed by atoms with Gasteiger partial charge >= 0.3 is 0 Å². The molecule has 1 saturated heterocycles. The van der Waals surface area contributed by atoms with Gasteiger partial charge in [-0.25, -0.2) is 4.68 Å². The summed E-state index contributed by atoms with van der Waals surface area (Å²) in [6.07, 6.45) is 2.31. The minimum atomic E-state index is -0.195. The standard InChI is InChI=1S/C13H23N5O2S/c1-4-17(5-2)12(19)10(3)21-13-14-15-16-18(13)9-11-7-6-8-20-11/h10-11H,4-9H2,1-3H3. The largest absolute Gasteiger partial charge is 0.376 e. The number of amides is 1. The van der Waals surface area contributed by atoms with Crippen LogP contribution in [0.1, 0.15) is 33.6 Å². The van der Waals surface area contributed by atoms with Gasteiger partial charge in [-0.05, 0) is 44.0 Å². The molecule has 0 radical (unpaired) electrons. The van der Waals surface area contributed by atoms with E-state index < -0.39 is 0 Å². The maximum Gasteiger partial charge on any atom is 0.235 e. The Hall–Kier alpha value is -1.15. The maximum atomic E-state index is 12.3. The van der Waals surface area contributed by atoms with E-state index in [9.17, 15) is 4.79 Å². The summed E-state index contributed by atoms with van der Waals surface area (Å²) in [7, 11) is 0. The first-order chi connectivity index (χ1) is 10.2. The minimum Gasteiger partial charge on any atom is -0.376 e. The molecule has 118 valence electrons. The van der Waals surface area contributed by atoms with Gasteiger partial charge in [-0.1, -0.05) is 11.8 Å². The van der Waals surface area contributed by atoms with Crippen LogP contribution < -0.4 is 0 Å². The van der Waals surface area contributed by atoms with E-state index in [1.54, 1.807) is 4.68 Å². The number of carbonyl (C=O) groups excluding carboxylic acids is 1. The molecule has 0 aliphatic carbocycles. The fourth-order valence-corrected chi connectivity index (χ4v) is 3.26. The molecule has 0 bridgehead atoms. The Balaban J connectivity index is 1.96. The molecule has 21 heavy (non-hydrogen) atoms. The van der Waals surface area contributed by atoms with Gasteiger partial charge < -0.3 is 9.64 Å². The quantitative estimate of drug-likeness (QED) is 0.704. The van der Waals surface area contributed by atoms with E-state index in [1.165, 1.54) is 11.8 Å². The van der Waals surface area contributed by atoms with Gasteiger partial charge in [0.25, 0.3) is 0 Å². The number of carbonyl (C=O) groups is 1. The normalized spacial score (nSPS) is 19.7. The number of hydrogen-bond donors (Lipinski definition) is 0. The third-order valence-electron chi connectivity index (χ3n) is 3.60. The maximum absolute atomic E-state index is 12.3. The Morgan fingerprint density at radius 3 is 2.90 bits per heavy atom. The van der Waals surface area contributed by atoms with Crippen LogP contribution in [0.5, 0.6) is 0 Å². The lowest BCUT2D eigenvalue weighted by atomic mass is 10.2. The number of thioether (sulfide) groups is 1. The van der Waals surface area contributed by atoms with Crippen LogP contribution in [0, 0.1) is 0 Å². The molecule has 2 atom stereocenters. The first-order valence-corrected chi connectivity index (χ1v) is 8.36. The zero-order valence-corrected chi connectivity index (χ0v) is 13.7. The number of tetrazole rings is 1. The number of aromatic nitrogens is 4. The first-order valence-electron chi connectivity index (χ1n) is 7.48. The second-order valence-electron chi connectivity index (χ2n) is 5.05. The average Bonchev–Trinajstić information content (AvgIpc) is 3.13. The van der Waals surface area contributed by atoms with E-state index in [1.807, 2.05) is 25.7 Å². The third-order valence-corrected chi connectivity index (χ3v) is 4.66. The van der Waals surface area contributed by atoms with Crippen molar-refractivity contribution in [1.82, 2.24) is 25.1 Å². The van der Waals surface area contributed by atoms with Crippen LogP contribution in [0.2, 0.25) is 0 Å². The molecule has 0 saturated carbocycles. The molecule has 7 nitrogen and oxygen atoms in total. The highest BCUT2D eigenvalue weighted by molar-refractivity contribution is 8.00. The summed E-state index contributed by atoms with van der Waals surface area (Å²) in [5, 5.41) is 12.2. The zero-order valence-electron chi connectivity index (χ0n) is 12.9. The van der Waals surface area contributed by atoms with Crippen molar-refractivity contribution in [2.45, 2.75) is 56.7 Å². The van der Waals surface area contributed by atoms with E-state index in [-0.39, 0.29) is 17.3 Å². The van der Waals surface area contributed by atoms with Crippen LogP contribution in [-0.4, -0.2) is 62.1 Å². The van der Waals surface area contributed by atoms with Gasteiger partial charge in [0.1, 0.15) is 0 Å². The van der Waals surface area contributed by atoms with E-state index in [0.717, 1.165) is 32.5 Å². The van der Waals surface area contributed by atoms with Gasteiger partial charge in [0, 0.05) is 19.7 Å². The molecule has 2 heterocycles. The van der Waals surface area contributed by atoms with Crippen molar-refractivity contribution >= 4 is 17.7 Å². The summed E-state index contributed by atoms with van der Waals surface area (Å²) >= 11 is 1.41. The van der Waals surface area contributed by atoms with E-state index in [2.05, 4.69) is 15.5 Å². The zero-order chi connectivity index (χ0) is 15.2. The van der Waals surface area contributed by atoms with Crippen molar-refractivity contribution < 1.29 is 9.53 Å². The molecular formula is C13H23N5O2S. The van der Waals surface area contributed by atoms with Crippen LogP contribution in [0.15, 0.2) is 5.16 Å². The van der Waals surface area contributed by atoms with Crippen LogP contribution in [-0.2, 0) is 16.1 Å². The Kier molecular flexibility index (Phi) is 5.98. The topological polar surface area (TPSA) is 73.1 Å². The van der Waals surface area contributed by atoms with Gasteiger partial charge in [0.15, 0.2) is 0 Å². The van der Waals surface area contributed by atoms with E-state index in [4.69, 9.17) is 4.74 Å². The molecule has 8 heteroatoms. The molecule has 0 N–H and O–H groups in total. The lowest BCUT2D eigenvalue weighted by Gasteiger charge is -2.22. The second kappa shape index (κ2) is 7.74. The fraction of sp³-hybridized carbons (Fsp3) is 0.846. The molecular weight excluding hydrogens is 290 g/mol. The number of nitrogens with zero attached hydrogens (tertiary/aromatic N) is 5. The summed E-state index contributed by atoms with van der Waals surface area (Å²) < 4.78 is 7.35. The lowest BCUT2D eigenvalue weighted by molar-refractivity contribution is -0.129. The minimum absolute atomic E-state index is 0.122. The SMILES string of the molecule is CCN(CC)C(=O)C(C)Sc1nnnn1CC1CCCO1. The Bertz CT molecular complexity index is 457. The van der Waals surface area contributed by atoms with E-state index >= 15 is 0 Å². The molecule has 0 aromatic carbocycles. The number of ether oxygens (including phenoxy) is 1. The highest BCUT2D eigenvalue weighted by atomic mass is 32.2. The molecule has 1 aromatic rings. The van der Waals surface area contributed by atoms with Crippen molar-refractivity contribution in [3.63, 3.8) is 0 Å². The summed E-state index contributed by atoms with van der Waals surface area (Å²) in [5.41, 5.74) is 0. The molecule has 1 aromatic heterocycles. The van der Waals surface area contributed by atoms with Gasteiger partial charge in [-0.3, -0.25) is 4.79 Å². The van der Waals surface area contributed by atoms with Crippen molar-refractivity contribution in [3.05, 3.63) is 0 Å². The van der Waals surface area contributed by atoms with Crippen molar-refractivity contribution in [3.8, 4) is 0 Å². The van der Waals surface area contributed by atoms with Gasteiger partial charge in [0.2, 0.25) is 11.1 Å². The second-order valence-corrected chi connectivity index (χ2v) is 6.36. The molecule has 2 rings (SSSR count). The van der Waals surface area contributed by atoms with Crippen LogP contribution in [0.25, 0.3) is 0 Å². The fourth-order valence-electron chi connectivity index (χ4n) is 2.38. The molecule has 1 aliphatic rings. The monoisotopic (exact) mass is 313 g/mol. The molecule has 1 fully saturated rings. The average molecular weight is 313 g/mol. The summed E-state index contributed by atoms with van der Waals surface area (Å²) in [5.74, 6) is 0.122. The predicted molar refractivity (Wildman–Crippen MR) is 80.0 cm³/mol. The smallest absolute Gasteiger partial charge is 0.235 e. The first kappa shape index (κ1) is 16.2. The summed E-state index contributed by atoms with van der Waals surface area (Å²) in [6.45, 7) is 8.78. The highest BCUT2D eigenvalue weighted by Gasteiger charge is 2.24. The van der Waals surface area contributed by atoms with Gasteiger partial charge in [-0.15, -0.1) is 5.10 Å². The van der Waals surface area contributed by atoms with Gasteiger partial charge in [-0.2, -0.15) is 0 Å². The summed E-state index contributed by atoms with van der Waals surface area (Å²) in [4.78, 5) is 14.1. The van der Waals surface area contributed by atoms with Crippen molar-refractivity contribution in [1.29, 1.82) is 0 Å². The lowest BCUT2D eigenvalue weighted by Crippen LogP contribution is -2.36. The van der Waals surface area contributed by atoms with E-state index in [0.29, 0.717) is 11.7 Å². The van der Waals surface area contributed by atoms with Crippen LogP contribution >= 0.6 is 11.8 Å². The molecule has 0 spiro atoms. The highest BCUT2D eigenvalue weighted by Crippen LogP contribution is 2.23. The Morgan fingerprint density at radius 1 is 1.52 bits per heavy atom. The van der Waals surface area contributed by atoms with Crippen LogP contribution in [0.3, 0.4) is 0 Å². The van der Waals surface area contributed by atoms with Crippen molar-refractivity contribution in [2.24, 2.45) is 0 Å². The summed E-state index contributed by atoms with van der Waals surface area (Å²) in [6, 6.07) is 0. The Morgan fingerprint density at radius 2 is 2.29 bits per heavy atom. The third kappa shape index (κ3) is 4.16. The van der Waals surface area contributed by atoms with Crippen LogP contribution in [0.4, 0.5) is 0 Å². The molecule has 2 unspecified atom stereocenters. The number of rotatable bonds is 7. The van der Waals surface area contributed by atoms with Gasteiger partial charge in [0.05, 0.1) is 17.9 Å². The predicted octanol–water partition coefficient (Wildman–Crippen LogP) is 1.20. The molecule has 1 amide bonds.